The number of non-ortho nitro benzene ring substituents is 1. The number of sulfonamides is 1. The van der Waals surface area contributed by atoms with E-state index >= 15 is 0 Å². The lowest BCUT2D eigenvalue weighted by atomic mass is 9.93. The fourth-order valence-electron chi connectivity index (χ4n) is 2.71. The third-order valence-corrected chi connectivity index (χ3v) is 6.00. The van der Waals surface area contributed by atoms with Gasteiger partial charge in [-0.1, -0.05) is 11.6 Å². The van der Waals surface area contributed by atoms with Crippen molar-refractivity contribution in [1.82, 2.24) is 0 Å². The first-order valence-corrected chi connectivity index (χ1v) is 11.0. The number of aromatic hydroxyl groups is 1. The molecule has 2 rings (SSSR count). The maximum absolute atomic E-state index is 13.1. The number of ketones is 1. The zero-order valence-corrected chi connectivity index (χ0v) is 18.9. The van der Waals surface area contributed by atoms with Gasteiger partial charge in [-0.2, -0.15) is 13.2 Å². The molecule has 0 saturated carbocycles. The van der Waals surface area contributed by atoms with Crippen LogP contribution in [0.15, 0.2) is 41.3 Å². The van der Waals surface area contributed by atoms with Crippen LogP contribution in [0.25, 0.3) is 0 Å². The molecule has 2 N–H and O–H groups in total. The standard InChI is InChI=1S/C19H16ClF3N2O8S/c1-9(2)33-18(28)16(17(27)19(21,22)23)12-7-10(3-6-14(12)26)24-34(31,32)15-8-11(25(29)30)4-5-13(15)20/h3-9,16,24,26H,1-2H3. The first kappa shape index (κ1) is 26.9. The minimum absolute atomic E-state index is 0.400. The highest BCUT2D eigenvalue weighted by molar-refractivity contribution is 7.92. The summed E-state index contributed by atoms with van der Waals surface area (Å²) in [6.07, 6.45) is -6.39. The van der Waals surface area contributed by atoms with Crippen LogP contribution in [0, 0.1) is 10.1 Å². The molecule has 0 fully saturated rings. The van der Waals surface area contributed by atoms with Crippen LogP contribution in [0.1, 0.15) is 25.3 Å². The number of alkyl halides is 3. The first-order valence-electron chi connectivity index (χ1n) is 9.15. The van der Waals surface area contributed by atoms with Gasteiger partial charge in [0.1, 0.15) is 10.6 Å². The quantitative estimate of drug-likeness (QED) is 0.173. The van der Waals surface area contributed by atoms with Gasteiger partial charge in [0, 0.05) is 23.4 Å². The van der Waals surface area contributed by atoms with E-state index < -0.39 is 77.5 Å². The minimum Gasteiger partial charge on any atom is -0.508 e. The fourth-order valence-corrected chi connectivity index (χ4v) is 4.28. The molecule has 0 aliphatic carbocycles. The normalized spacial score (nSPS) is 12.8. The van der Waals surface area contributed by atoms with Gasteiger partial charge in [-0.15, -0.1) is 0 Å². The van der Waals surface area contributed by atoms with E-state index in [1.807, 2.05) is 4.72 Å². The van der Waals surface area contributed by atoms with Crippen molar-refractivity contribution in [3.05, 3.63) is 57.1 Å². The molecule has 0 spiro atoms. The summed E-state index contributed by atoms with van der Waals surface area (Å²) >= 11 is 5.83. The zero-order valence-electron chi connectivity index (χ0n) is 17.3. The molecule has 0 amide bonds. The number of nitro benzene ring substituents is 1. The SMILES string of the molecule is CC(C)OC(=O)C(C(=O)C(F)(F)F)c1cc(NS(=O)(=O)c2cc([N+](=O)[O-])ccc2Cl)ccc1O. The van der Waals surface area contributed by atoms with E-state index in [0.29, 0.717) is 12.1 Å². The van der Waals surface area contributed by atoms with Crippen LogP contribution in [0.4, 0.5) is 24.5 Å². The molecule has 184 valence electrons. The summed E-state index contributed by atoms with van der Waals surface area (Å²) in [6.45, 7) is 2.64. The van der Waals surface area contributed by atoms with Gasteiger partial charge < -0.3 is 9.84 Å². The average molecular weight is 525 g/mol. The Morgan fingerprint density at radius 2 is 1.79 bits per heavy atom. The number of nitrogens with zero attached hydrogens (tertiary/aromatic N) is 1. The number of nitro groups is 1. The van der Waals surface area contributed by atoms with Crippen LogP contribution in [0.3, 0.4) is 0 Å². The molecular weight excluding hydrogens is 509 g/mol. The number of phenols is 1. The third-order valence-electron chi connectivity index (χ3n) is 4.14. The fraction of sp³-hybridized carbons (Fsp3) is 0.263. The number of rotatable bonds is 8. The molecule has 2 aromatic rings. The van der Waals surface area contributed by atoms with Crippen LogP contribution < -0.4 is 4.72 Å². The van der Waals surface area contributed by atoms with Crippen molar-refractivity contribution in [2.75, 3.05) is 4.72 Å². The molecule has 34 heavy (non-hydrogen) atoms. The summed E-state index contributed by atoms with van der Waals surface area (Å²) in [5.74, 6) is -7.72. The summed E-state index contributed by atoms with van der Waals surface area (Å²) in [5.41, 5.74) is -1.96. The molecule has 0 bridgehead atoms. The van der Waals surface area contributed by atoms with Crippen LogP contribution in [0.5, 0.6) is 5.75 Å². The number of hydrogen-bond donors (Lipinski definition) is 2. The lowest BCUT2D eigenvalue weighted by Gasteiger charge is -2.20. The summed E-state index contributed by atoms with van der Waals surface area (Å²) < 4.78 is 71.5. The molecule has 1 unspecified atom stereocenters. The summed E-state index contributed by atoms with van der Waals surface area (Å²) in [4.78, 5) is 33.6. The number of anilines is 1. The smallest absolute Gasteiger partial charge is 0.451 e. The topological polar surface area (TPSA) is 153 Å². The second-order valence-corrected chi connectivity index (χ2v) is 9.09. The predicted molar refractivity (Wildman–Crippen MR) is 112 cm³/mol. The highest BCUT2D eigenvalue weighted by atomic mass is 35.5. The Balaban J connectivity index is 2.56. The van der Waals surface area contributed by atoms with E-state index in [2.05, 4.69) is 0 Å². The average Bonchev–Trinajstić information content (AvgIpc) is 2.69. The van der Waals surface area contributed by atoms with Crippen molar-refractivity contribution in [2.45, 2.75) is 36.9 Å². The number of phenolic OH excluding ortho intramolecular Hbond substituents is 1. The predicted octanol–water partition coefficient (Wildman–Crippen LogP) is 3.92. The van der Waals surface area contributed by atoms with Gasteiger partial charge in [-0.3, -0.25) is 24.4 Å². The maximum atomic E-state index is 13.1. The number of ether oxygens (including phenoxy) is 1. The van der Waals surface area contributed by atoms with Crippen molar-refractivity contribution < 1.29 is 45.9 Å². The lowest BCUT2D eigenvalue weighted by Crippen LogP contribution is -2.35. The Morgan fingerprint density at radius 1 is 1.18 bits per heavy atom. The second kappa shape index (κ2) is 9.85. The molecular formula is C19H16ClF3N2O8S. The van der Waals surface area contributed by atoms with Crippen LogP contribution in [-0.4, -0.2) is 42.5 Å². The highest BCUT2D eigenvalue weighted by Crippen LogP contribution is 2.36. The van der Waals surface area contributed by atoms with E-state index in [1.54, 1.807) is 0 Å². The second-order valence-electron chi connectivity index (χ2n) is 7.03. The van der Waals surface area contributed by atoms with Gasteiger partial charge in [0.05, 0.1) is 16.0 Å². The number of halogens is 4. The number of carbonyl (C=O) groups is 2. The molecule has 0 aliphatic rings. The monoisotopic (exact) mass is 524 g/mol. The molecule has 15 heteroatoms. The molecule has 10 nitrogen and oxygen atoms in total. The molecule has 1 atom stereocenters. The van der Waals surface area contributed by atoms with Crippen molar-refractivity contribution in [3.63, 3.8) is 0 Å². The number of carbonyl (C=O) groups excluding carboxylic acids is 2. The molecule has 0 heterocycles. The molecule has 0 aliphatic heterocycles. The van der Waals surface area contributed by atoms with Gasteiger partial charge in [0.25, 0.3) is 21.5 Å². The van der Waals surface area contributed by atoms with E-state index in [-0.39, 0.29) is 0 Å². The Labute approximate surface area is 195 Å². The zero-order chi connectivity index (χ0) is 26.0. The van der Waals surface area contributed by atoms with Crippen LogP contribution >= 0.6 is 11.6 Å². The van der Waals surface area contributed by atoms with Gasteiger partial charge in [-0.25, -0.2) is 8.42 Å². The first-order chi connectivity index (χ1) is 15.5. The summed E-state index contributed by atoms with van der Waals surface area (Å²) in [6, 6.07) is 4.87. The Morgan fingerprint density at radius 3 is 2.32 bits per heavy atom. The van der Waals surface area contributed by atoms with Crippen LogP contribution in [-0.2, 0) is 24.3 Å². The van der Waals surface area contributed by atoms with Gasteiger partial charge in [-0.05, 0) is 38.1 Å². The Bertz CT molecular complexity index is 1250. The number of esters is 1. The molecule has 0 radical (unpaired) electrons. The number of hydrogen-bond acceptors (Lipinski definition) is 8. The minimum atomic E-state index is -5.49. The molecule has 0 aromatic heterocycles. The third kappa shape index (κ3) is 6.14. The lowest BCUT2D eigenvalue weighted by molar-refractivity contribution is -0.385. The van der Waals surface area contributed by atoms with Gasteiger partial charge in [0.15, 0.2) is 5.92 Å². The Hall–Kier alpha value is -3.39. The maximum Gasteiger partial charge on any atom is 0.451 e. The van der Waals surface area contributed by atoms with E-state index in [1.165, 1.54) is 13.8 Å². The molecule has 2 aromatic carbocycles. The van der Waals surface area contributed by atoms with Crippen LogP contribution in [0.2, 0.25) is 5.02 Å². The van der Waals surface area contributed by atoms with Crippen molar-refractivity contribution in [2.24, 2.45) is 0 Å². The van der Waals surface area contributed by atoms with Crippen molar-refractivity contribution in [1.29, 1.82) is 0 Å². The largest absolute Gasteiger partial charge is 0.508 e. The van der Waals surface area contributed by atoms with E-state index in [9.17, 15) is 46.4 Å². The van der Waals surface area contributed by atoms with Gasteiger partial charge in [0.2, 0.25) is 0 Å². The number of benzene rings is 2. The van der Waals surface area contributed by atoms with E-state index in [0.717, 1.165) is 24.3 Å². The van der Waals surface area contributed by atoms with Crippen molar-refractivity contribution >= 4 is 44.8 Å². The summed E-state index contributed by atoms with van der Waals surface area (Å²) in [7, 11) is -4.63. The highest BCUT2D eigenvalue weighted by Gasteiger charge is 2.49. The van der Waals surface area contributed by atoms with Crippen molar-refractivity contribution in [3.8, 4) is 5.75 Å². The summed E-state index contributed by atoms with van der Waals surface area (Å²) in [5, 5.41) is 20.6. The molecule has 0 saturated heterocycles. The Kier molecular flexibility index (Phi) is 7.78. The van der Waals surface area contributed by atoms with E-state index in [4.69, 9.17) is 16.3 Å². The number of Topliss-reactive ketones (excluding diaryl/α,β-unsaturated/α-hetero) is 1. The van der Waals surface area contributed by atoms with Gasteiger partial charge >= 0.3 is 12.1 Å². The number of nitrogens with one attached hydrogen (secondary N) is 1.